The molecule has 0 spiro atoms. The Morgan fingerprint density at radius 1 is 1.29 bits per heavy atom. The minimum Gasteiger partial charge on any atom is -0.497 e. The summed E-state index contributed by atoms with van der Waals surface area (Å²) >= 11 is 6.12. The minimum atomic E-state index is 0.00351. The molecule has 1 fully saturated rings. The van der Waals surface area contributed by atoms with E-state index < -0.39 is 0 Å². The van der Waals surface area contributed by atoms with Crippen LogP contribution in [0.5, 0.6) is 5.75 Å². The number of hydrogen-bond acceptors (Lipinski definition) is 4. The molecular formula is C24H27ClN4O2. The predicted octanol–water partition coefficient (Wildman–Crippen LogP) is 5.20. The quantitative estimate of drug-likeness (QED) is 0.696. The first-order chi connectivity index (χ1) is 15.1. The number of amides is 2. The molecule has 1 aliphatic heterocycles. The van der Waals surface area contributed by atoms with Crippen LogP contribution < -0.4 is 10.1 Å². The summed E-state index contributed by atoms with van der Waals surface area (Å²) in [6, 6.07) is 9.97. The van der Waals surface area contributed by atoms with E-state index in [1.165, 1.54) is 0 Å². The maximum atomic E-state index is 12.8. The molecule has 0 atom stereocenters. The Hall–Kier alpha value is -2.78. The number of rotatable bonds is 5. The summed E-state index contributed by atoms with van der Waals surface area (Å²) in [5.41, 5.74) is 3.36. The van der Waals surface area contributed by atoms with Crippen LogP contribution in [0.2, 0.25) is 5.02 Å². The molecule has 1 aromatic heterocycles. The molecule has 1 aliphatic carbocycles. The lowest BCUT2D eigenvalue weighted by molar-refractivity contribution is 0.153. The van der Waals surface area contributed by atoms with E-state index in [1.54, 1.807) is 19.4 Å². The van der Waals surface area contributed by atoms with Crippen molar-refractivity contribution in [2.75, 3.05) is 19.0 Å². The summed E-state index contributed by atoms with van der Waals surface area (Å²) in [6.07, 6.45) is 8.58. The fourth-order valence-electron chi connectivity index (χ4n) is 4.69. The van der Waals surface area contributed by atoms with Crippen LogP contribution >= 0.6 is 11.6 Å². The second-order valence-corrected chi connectivity index (χ2v) is 8.78. The zero-order valence-electron chi connectivity index (χ0n) is 17.7. The Balaban J connectivity index is 1.30. The van der Waals surface area contributed by atoms with Gasteiger partial charge in [-0.15, -0.1) is 0 Å². The van der Waals surface area contributed by atoms with E-state index in [-0.39, 0.29) is 12.1 Å². The van der Waals surface area contributed by atoms with Crippen LogP contribution in [0, 0.1) is 17.2 Å². The van der Waals surface area contributed by atoms with Crippen molar-refractivity contribution in [3.63, 3.8) is 0 Å². The molecule has 2 aliphatic rings. The van der Waals surface area contributed by atoms with E-state index in [2.05, 4.69) is 10.3 Å². The number of urea groups is 1. The lowest BCUT2D eigenvalue weighted by Crippen LogP contribution is -2.44. The van der Waals surface area contributed by atoms with Crippen LogP contribution in [0.3, 0.4) is 0 Å². The number of benzene rings is 1. The van der Waals surface area contributed by atoms with Gasteiger partial charge in [-0.3, -0.25) is 4.98 Å². The molecule has 2 amide bonds. The van der Waals surface area contributed by atoms with Gasteiger partial charge in [0.1, 0.15) is 11.8 Å². The number of ether oxygens (including phenoxy) is 1. The second kappa shape index (κ2) is 9.57. The number of fused-ring (bicyclic) bond motifs is 1. The molecule has 0 bridgehead atoms. The van der Waals surface area contributed by atoms with Crippen LogP contribution in [-0.4, -0.2) is 35.6 Å². The number of halogens is 1. The third-order valence-electron chi connectivity index (χ3n) is 6.53. The summed E-state index contributed by atoms with van der Waals surface area (Å²) < 4.78 is 5.32. The fourth-order valence-corrected chi connectivity index (χ4v) is 4.91. The predicted molar refractivity (Wildman–Crippen MR) is 120 cm³/mol. The molecular weight excluding hydrogens is 412 g/mol. The van der Waals surface area contributed by atoms with Crippen LogP contribution in [-0.2, 0) is 12.8 Å². The van der Waals surface area contributed by atoms with E-state index in [0.717, 1.165) is 74.2 Å². The molecule has 2 aromatic rings. The molecule has 1 saturated carbocycles. The van der Waals surface area contributed by atoms with Crippen LogP contribution in [0.4, 0.5) is 10.5 Å². The molecule has 2 heterocycles. The number of carbonyl (C=O) groups is 1. The lowest BCUT2D eigenvalue weighted by atomic mass is 9.82. The zero-order valence-corrected chi connectivity index (χ0v) is 18.5. The fraction of sp³-hybridized carbons (Fsp3) is 0.458. The maximum Gasteiger partial charge on any atom is 0.322 e. The summed E-state index contributed by atoms with van der Waals surface area (Å²) in [5, 5.41) is 12.5. The van der Waals surface area contributed by atoms with Crippen molar-refractivity contribution < 1.29 is 9.53 Å². The Morgan fingerprint density at radius 2 is 2.10 bits per heavy atom. The van der Waals surface area contributed by atoms with Gasteiger partial charge in [0.2, 0.25) is 0 Å². The van der Waals surface area contributed by atoms with Crippen LogP contribution in [0.25, 0.3) is 0 Å². The molecule has 6 nitrogen and oxygen atoms in total. The van der Waals surface area contributed by atoms with Crippen molar-refractivity contribution in [1.82, 2.24) is 9.88 Å². The normalized spacial score (nSPS) is 20.9. The molecule has 7 heteroatoms. The zero-order chi connectivity index (χ0) is 21.8. The van der Waals surface area contributed by atoms with Gasteiger partial charge in [0.05, 0.1) is 17.7 Å². The van der Waals surface area contributed by atoms with Crippen molar-refractivity contribution in [3.05, 3.63) is 52.3 Å². The number of aromatic nitrogens is 1. The van der Waals surface area contributed by atoms with E-state index >= 15 is 0 Å². The molecule has 162 valence electrons. The number of nitrogens with one attached hydrogen (secondary N) is 1. The average Bonchev–Trinajstić information content (AvgIpc) is 2.95. The van der Waals surface area contributed by atoms with Crippen molar-refractivity contribution in [2.45, 2.75) is 51.0 Å². The van der Waals surface area contributed by atoms with Crippen molar-refractivity contribution in [2.24, 2.45) is 5.92 Å². The van der Waals surface area contributed by atoms with Crippen molar-refractivity contribution in [3.8, 4) is 11.8 Å². The van der Waals surface area contributed by atoms with Crippen LogP contribution in [0.1, 0.15) is 48.9 Å². The van der Waals surface area contributed by atoms with Gasteiger partial charge in [-0.25, -0.2) is 4.79 Å². The number of nitrogens with zero attached hydrogens (tertiary/aromatic N) is 3. The van der Waals surface area contributed by atoms with Gasteiger partial charge in [-0.05, 0) is 80.7 Å². The lowest BCUT2D eigenvalue weighted by Gasteiger charge is -2.36. The Kier molecular flexibility index (Phi) is 6.62. The molecule has 1 aromatic carbocycles. The summed E-state index contributed by atoms with van der Waals surface area (Å²) in [5.74, 6) is 1.45. The highest BCUT2D eigenvalue weighted by atomic mass is 35.5. The van der Waals surface area contributed by atoms with Gasteiger partial charge in [0.25, 0.3) is 0 Å². The van der Waals surface area contributed by atoms with E-state index in [0.29, 0.717) is 16.5 Å². The highest BCUT2D eigenvalue weighted by Crippen LogP contribution is 2.33. The molecule has 0 radical (unpaired) electrons. The molecule has 0 unspecified atom stereocenters. The van der Waals surface area contributed by atoms with E-state index in [4.69, 9.17) is 21.6 Å². The van der Waals surface area contributed by atoms with Gasteiger partial charge in [0, 0.05) is 30.2 Å². The first-order valence-corrected chi connectivity index (χ1v) is 11.2. The maximum absolute atomic E-state index is 12.8. The molecule has 1 N–H and O–H groups in total. The highest BCUT2D eigenvalue weighted by Gasteiger charge is 2.30. The van der Waals surface area contributed by atoms with E-state index in [9.17, 15) is 4.79 Å². The number of pyridine rings is 1. The average molecular weight is 439 g/mol. The summed E-state index contributed by atoms with van der Waals surface area (Å²) in [4.78, 5) is 19.2. The summed E-state index contributed by atoms with van der Waals surface area (Å²) in [7, 11) is 1.66. The van der Waals surface area contributed by atoms with E-state index in [1.807, 2.05) is 29.2 Å². The first-order valence-electron chi connectivity index (χ1n) is 10.9. The van der Waals surface area contributed by atoms with Gasteiger partial charge < -0.3 is 15.0 Å². The summed E-state index contributed by atoms with van der Waals surface area (Å²) in [6.45, 7) is 0.731. The SMILES string of the molecule is COc1ccc2c(c1)CCN(C1CCC(CCc3cc(Cl)c(C#N)cn3)CC1)C(=O)N2. The third kappa shape index (κ3) is 4.94. The van der Waals surface area contributed by atoms with Gasteiger partial charge >= 0.3 is 6.03 Å². The minimum absolute atomic E-state index is 0.00351. The second-order valence-electron chi connectivity index (χ2n) is 8.38. The number of nitriles is 1. The number of anilines is 1. The first kappa shape index (κ1) is 21.5. The molecule has 0 saturated heterocycles. The van der Waals surface area contributed by atoms with Crippen LogP contribution in [0.15, 0.2) is 30.5 Å². The Labute approximate surface area is 188 Å². The number of methoxy groups -OCH3 is 1. The molecule has 31 heavy (non-hydrogen) atoms. The topological polar surface area (TPSA) is 78.2 Å². The Bertz CT molecular complexity index is 996. The van der Waals surface area contributed by atoms with Gasteiger partial charge in [-0.2, -0.15) is 5.26 Å². The van der Waals surface area contributed by atoms with Gasteiger partial charge in [-0.1, -0.05) is 11.6 Å². The van der Waals surface area contributed by atoms with Crippen molar-refractivity contribution in [1.29, 1.82) is 5.26 Å². The standard InChI is InChI=1S/C24H27ClN4O2/c1-31-21-8-9-23-17(12-21)10-11-29(24(30)28-23)20-6-3-16(4-7-20)2-5-19-13-22(25)18(14-26)15-27-19/h8-9,12-13,15-16,20H,2-7,10-11H2,1H3,(H,28,30). The number of hydrogen-bond donors (Lipinski definition) is 1. The Morgan fingerprint density at radius 3 is 2.81 bits per heavy atom. The number of aryl methyl sites for hydroxylation is 1. The highest BCUT2D eigenvalue weighted by molar-refractivity contribution is 6.31. The smallest absolute Gasteiger partial charge is 0.322 e. The largest absolute Gasteiger partial charge is 0.497 e. The van der Waals surface area contributed by atoms with Gasteiger partial charge in [0.15, 0.2) is 0 Å². The van der Waals surface area contributed by atoms with Crippen molar-refractivity contribution >= 4 is 23.3 Å². The third-order valence-corrected chi connectivity index (χ3v) is 6.85. The monoisotopic (exact) mass is 438 g/mol. The molecule has 4 rings (SSSR count). The number of carbonyl (C=O) groups excluding carboxylic acids is 1.